The van der Waals surface area contributed by atoms with Crippen LogP contribution in [0.3, 0.4) is 0 Å². The van der Waals surface area contributed by atoms with E-state index in [0.29, 0.717) is 0 Å². The van der Waals surface area contributed by atoms with Gasteiger partial charge in [0.25, 0.3) is 0 Å². The van der Waals surface area contributed by atoms with E-state index in [1.165, 1.54) is 6.92 Å². The van der Waals surface area contributed by atoms with Crippen molar-refractivity contribution in [3.8, 4) is 0 Å². The van der Waals surface area contributed by atoms with Crippen LogP contribution < -0.4 is 0 Å². The van der Waals surface area contributed by atoms with Gasteiger partial charge in [-0.3, -0.25) is 0 Å². The third-order valence-corrected chi connectivity index (χ3v) is 1.96. The second-order valence-corrected chi connectivity index (χ2v) is 3.92. The van der Waals surface area contributed by atoms with Crippen LogP contribution in [0.4, 0.5) is 17.6 Å². The minimum Gasteiger partial charge on any atom is -0.460 e. The van der Waals surface area contributed by atoms with Crippen LogP contribution in [0.2, 0.25) is 0 Å². The Morgan fingerprint density at radius 1 is 1.37 bits per heavy atom. The van der Waals surface area contributed by atoms with Crippen LogP contribution in [0, 0.1) is 0 Å². The van der Waals surface area contributed by atoms with E-state index in [1.54, 1.807) is 0 Å². The number of alkyl halides is 4. The van der Waals surface area contributed by atoms with E-state index in [1.807, 2.05) is 0 Å². The number of aliphatic hydroxyl groups excluding tert-OH is 1. The molecular formula is C11H16F4O4. The largest absolute Gasteiger partial charge is 0.460 e. The highest BCUT2D eigenvalue weighted by Gasteiger charge is 2.40. The van der Waals surface area contributed by atoms with Crippen molar-refractivity contribution in [1.29, 1.82) is 0 Å². The molecule has 0 aliphatic heterocycles. The van der Waals surface area contributed by atoms with E-state index >= 15 is 0 Å². The van der Waals surface area contributed by atoms with Gasteiger partial charge < -0.3 is 14.6 Å². The van der Waals surface area contributed by atoms with Gasteiger partial charge in [0.2, 0.25) is 0 Å². The quantitative estimate of drug-likeness (QED) is 0.304. The zero-order valence-electron chi connectivity index (χ0n) is 10.4. The van der Waals surface area contributed by atoms with Crippen molar-refractivity contribution >= 4 is 5.97 Å². The Morgan fingerprint density at radius 2 is 1.95 bits per heavy atom. The Bertz CT molecular complexity index is 307. The second-order valence-electron chi connectivity index (χ2n) is 3.92. The van der Waals surface area contributed by atoms with Gasteiger partial charge in [-0.1, -0.05) is 6.58 Å². The van der Waals surface area contributed by atoms with Crippen molar-refractivity contribution < 1.29 is 36.9 Å². The molecule has 19 heavy (non-hydrogen) atoms. The fraction of sp³-hybridized carbons (Fsp3) is 0.727. The Morgan fingerprint density at radius 3 is 2.42 bits per heavy atom. The number of carbonyl (C=O) groups excluding carboxylic acids is 1. The fourth-order valence-electron chi connectivity index (χ4n) is 0.880. The molecule has 0 radical (unpaired) electrons. The monoisotopic (exact) mass is 288 g/mol. The maximum atomic E-state index is 12.4. The van der Waals surface area contributed by atoms with Gasteiger partial charge >= 0.3 is 18.3 Å². The number of hydrogen-bond acceptors (Lipinski definition) is 4. The highest BCUT2D eigenvalue weighted by atomic mass is 19.3. The van der Waals surface area contributed by atoms with Crippen molar-refractivity contribution in [1.82, 2.24) is 0 Å². The lowest BCUT2D eigenvalue weighted by atomic mass is 10.2. The smallest absolute Gasteiger partial charge is 0.333 e. The maximum absolute atomic E-state index is 12.4. The molecule has 0 aromatic heterocycles. The van der Waals surface area contributed by atoms with Crippen LogP contribution >= 0.6 is 0 Å². The molecule has 112 valence electrons. The van der Waals surface area contributed by atoms with Crippen molar-refractivity contribution in [2.45, 2.75) is 31.8 Å². The third kappa shape index (κ3) is 7.78. The van der Waals surface area contributed by atoms with Gasteiger partial charge in [-0.2, -0.15) is 0 Å². The third-order valence-electron chi connectivity index (χ3n) is 1.96. The molecule has 8 heteroatoms. The summed E-state index contributed by atoms with van der Waals surface area (Å²) in [5, 5.41) is 9.25. The average molecular weight is 288 g/mol. The summed E-state index contributed by atoms with van der Waals surface area (Å²) in [6.07, 6.45) is -6.12. The molecule has 1 atom stereocenters. The van der Waals surface area contributed by atoms with Crippen LogP contribution in [-0.2, 0) is 14.3 Å². The molecule has 0 bridgehead atoms. The average Bonchev–Trinajstić information content (AvgIpc) is 2.31. The van der Waals surface area contributed by atoms with Crippen molar-refractivity contribution in [3.05, 3.63) is 12.2 Å². The minimum atomic E-state index is -4.11. The fourth-order valence-corrected chi connectivity index (χ4v) is 0.880. The summed E-state index contributed by atoms with van der Waals surface area (Å²) in [7, 11) is 0. The number of esters is 1. The van der Waals surface area contributed by atoms with Crippen molar-refractivity contribution in [2.24, 2.45) is 0 Å². The van der Waals surface area contributed by atoms with E-state index < -0.39 is 50.7 Å². The van der Waals surface area contributed by atoms with Gasteiger partial charge in [0, 0.05) is 12.0 Å². The summed E-state index contributed by atoms with van der Waals surface area (Å²) in [4.78, 5) is 10.9. The van der Waals surface area contributed by atoms with Gasteiger partial charge in [-0.25, -0.2) is 22.4 Å². The Kier molecular flexibility index (Phi) is 7.62. The Balaban J connectivity index is 3.73. The van der Waals surface area contributed by atoms with Crippen molar-refractivity contribution in [2.75, 3.05) is 19.8 Å². The highest BCUT2D eigenvalue weighted by Crippen LogP contribution is 2.26. The molecule has 0 rings (SSSR count). The van der Waals surface area contributed by atoms with Gasteiger partial charge in [0.05, 0.1) is 13.2 Å². The molecule has 0 aliphatic carbocycles. The molecular weight excluding hydrogens is 272 g/mol. The first-order chi connectivity index (χ1) is 8.66. The van der Waals surface area contributed by atoms with E-state index in [2.05, 4.69) is 16.1 Å². The first kappa shape index (κ1) is 17.8. The van der Waals surface area contributed by atoms with Gasteiger partial charge in [0.1, 0.15) is 12.7 Å². The number of halogens is 4. The lowest BCUT2D eigenvalue weighted by molar-refractivity contribution is -0.147. The molecule has 1 unspecified atom stereocenters. The van der Waals surface area contributed by atoms with E-state index in [9.17, 15) is 27.5 Å². The SMILES string of the molecule is C=C(C)C(=O)OCC(O)COCCC(F)(F)C(F)F. The molecule has 0 heterocycles. The molecule has 0 spiro atoms. The normalized spacial score (nSPS) is 13.4. The molecule has 0 aromatic rings. The zero-order valence-corrected chi connectivity index (χ0v) is 10.4. The Labute approximate surface area is 108 Å². The lowest BCUT2D eigenvalue weighted by Crippen LogP contribution is -2.29. The van der Waals surface area contributed by atoms with Gasteiger partial charge in [-0.15, -0.1) is 0 Å². The maximum Gasteiger partial charge on any atom is 0.333 e. The summed E-state index contributed by atoms with van der Waals surface area (Å²) in [6.45, 7) is 3.30. The topological polar surface area (TPSA) is 55.8 Å². The van der Waals surface area contributed by atoms with E-state index in [4.69, 9.17) is 0 Å². The summed E-state index contributed by atoms with van der Waals surface area (Å²) in [5.41, 5.74) is 0.143. The standard InChI is InChI=1S/C11H16F4O4/c1-7(2)9(17)19-6-8(16)5-18-4-3-11(14,15)10(12)13/h8,10,16H,1,3-6H2,2H3. The number of hydrogen-bond donors (Lipinski definition) is 1. The molecule has 0 aliphatic rings. The number of carbonyl (C=O) groups is 1. The molecule has 0 saturated carbocycles. The Hall–Kier alpha value is -1.15. The van der Waals surface area contributed by atoms with Crippen LogP contribution in [-0.4, -0.2) is 49.3 Å². The second kappa shape index (κ2) is 8.11. The van der Waals surface area contributed by atoms with E-state index in [-0.39, 0.29) is 5.57 Å². The minimum absolute atomic E-state index is 0.143. The van der Waals surface area contributed by atoms with Gasteiger partial charge in [-0.05, 0) is 6.92 Å². The zero-order chi connectivity index (χ0) is 15.1. The first-order valence-corrected chi connectivity index (χ1v) is 5.41. The van der Waals surface area contributed by atoms with Gasteiger partial charge in [0.15, 0.2) is 0 Å². The summed E-state index contributed by atoms with van der Waals surface area (Å²) in [5.74, 6) is -4.82. The molecule has 0 amide bonds. The van der Waals surface area contributed by atoms with Crippen LogP contribution in [0.1, 0.15) is 13.3 Å². The number of rotatable bonds is 9. The van der Waals surface area contributed by atoms with Crippen LogP contribution in [0.25, 0.3) is 0 Å². The molecule has 0 saturated heterocycles. The number of ether oxygens (including phenoxy) is 2. The first-order valence-electron chi connectivity index (χ1n) is 5.41. The highest BCUT2D eigenvalue weighted by molar-refractivity contribution is 5.86. The van der Waals surface area contributed by atoms with E-state index in [0.717, 1.165) is 0 Å². The summed E-state index contributed by atoms with van der Waals surface area (Å²) in [6, 6.07) is 0. The molecule has 4 nitrogen and oxygen atoms in total. The number of aliphatic hydroxyl groups is 1. The van der Waals surface area contributed by atoms with Crippen LogP contribution in [0.15, 0.2) is 12.2 Å². The predicted molar refractivity (Wildman–Crippen MR) is 58.2 cm³/mol. The molecule has 0 aromatic carbocycles. The van der Waals surface area contributed by atoms with Crippen LogP contribution in [0.5, 0.6) is 0 Å². The summed E-state index contributed by atoms with van der Waals surface area (Å²) < 4.78 is 57.6. The summed E-state index contributed by atoms with van der Waals surface area (Å²) >= 11 is 0. The molecule has 1 N–H and O–H groups in total. The lowest BCUT2D eigenvalue weighted by Gasteiger charge is -2.16. The van der Waals surface area contributed by atoms with Crippen molar-refractivity contribution in [3.63, 3.8) is 0 Å². The molecule has 0 fully saturated rings. The predicted octanol–water partition coefficient (Wildman–Crippen LogP) is 1.77.